The van der Waals surface area contributed by atoms with Crippen molar-refractivity contribution in [3.8, 4) is 5.75 Å². The fraction of sp³-hybridized carbons (Fsp3) is 0.533. The fourth-order valence-electron chi connectivity index (χ4n) is 2.64. The molecule has 0 bridgehead atoms. The zero-order valence-corrected chi connectivity index (χ0v) is 11.9. The molecule has 2 rings (SSSR count). The molecule has 0 radical (unpaired) electrons. The summed E-state index contributed by atoms with van der Waals surface area (Å²) in [7, 11) is 3.32. The van der Waals surface area contributed by atoms with Gasteiger partial charge in [-0.1, -0.05) is 26.0 Å². The molecule has 0 amide bonds. The summed E-state index contributed by atoms with van der Waals surface area (Å²) in [5, 5.41) is 12.3. The number of methoxy groups -OCH3 is 1. The molecule has 1 aromatic rings. The van der Waals surface area contributed by atoms with Crippen LogP contribution in [0.15, 0.2) is 18.2 Å². The lowest BCUT2D eigenvalue weighted by atomic mass is 9.96. The molecule has 0 spiro atoms. The van der Waals surface area contributed by atoms with E-state index in [9.17, 15) is 9.90 Å². The van der Waals surface area contributed by atoms with Gasteiger partial charge in [-0.15, -0.1) is 0 Å². The largest absolute Gasteiger partial charge is 0.496 e. The molecule has 1 aliphatic carbocycles. The standard InChI is InChI=1S/C15H21NO3/c1-9(2)10-5-6-13(19-4)11(7-10)12-8-15(12,16-3)14(17)18/h5-7,9,12,16H,8H2,1-4H3,(H,17,18). The van der Waals surface area contributed by atoms with Crippen LogP contribution in [0.4, 0.5) is 0 Å². The highest BCUT2D eigenvalue weighted by molar-refractivity contribution is 5.85. The Balaban J connectivity index is 2.40. The van der Waals surface area contributed by atoms with Gasteiger partial charge in [-0.25, -0.2) is 0 Å². The van der Waals surface area contributed by atoms with Crippen LogP contribution in [-0.4, -0.2) is 30.8 Å². The van der Waals surface area contributed by atoms with Gasteiger partial charge in [0, 0.05) is 11.5 Å². The number of carboxylic acids is 1. The molecule has 1 saturated carbocycles. The minimum atomic E-state index is -0.830. The van der Waals surface area contributed by atoms with Gasteiger partial charge in [0.2, 0.25) is 0 Å². The number of ether oxygens (including phenoxy) is 1. The second kappa shape index (κ2) is 4.85. The molecule has 2 N–H and O–H groups in total. The number of hydrogen-bond donors (Lipinski definition) is 2. The van der Waals surface area contributed by atoms with Crippen LogP contribution in [0.25, 0.3) is 0 Å². The summed E-state index contributed by atoms with van der Waals surface area (Å²) in [4.78, 5) is 11.4. The van der Waals surface area contributed by atoms with Gasteiger partial charge in [-0.05, 0) is 31.0 Å². The predicted octanol–water partition coefficient (Wildman–Crippen LogP) is 2.35. The molecule has 2 atom stereocenters. The first-order chi connectivity index (χ1) is 8.96. The number of carboxylic acid groups (broad SMARTS) is 1. The Morgan fingerprint density at radius 3 is 2.63 bits per heavy atom. The number of benzene rings is 1. The van der Waals surface area contributed by atoms with Gasteiger partial charge in [-0.2, -0.15) is 0 Å². The number of likely N-dealkylation sites (N-methyl/N-ethyl adjacent to an activating group) is 1. The lowest BCUT2D eigenvalue weighted by molar-refractivity contribution is -0.140. The molecule has 2 unspecified atom stereocenters. The summed E-state index contributed by atoms with van der Waals surface area (Å²) >= 11 is 0. The number of rotatable bonds is 5. The van der Waals surface area contributed by atoms with Crippen molar-refractivity contribution in [2.45, 2.75) is 37.6 Å². The SMILES string of the molecule is CNC1(C(=O)O)CC1c1cc(C(C)C)ccc1OC. The van der Waals surface area contributed by atoms with E-state index in [0.29, 0.717) is 12.3 Å². The average Bonchev–Trinajstić information content (AvgIpc) is 3.13. The zero-order chi connectivity index (χ0) is 14.2. The molecule has 19 heavy (non-hydrogen) atoms. The molecule has 4 nitrogen and oxygen atoms in total. The summed E-state index contributed by atoms with van der Waals surface area (Å²) in [5.74, 6) is 0.366. The summed E-state index contributed by atoms with van der Waals surface area (Å²) in [6.07, 6.45) is 0.608. The second-order valence-corrected chi connectivity index (χ2v) is 5.44. The van der Waals surface area contributed by atoms with Crippen molar-refractivity contribution in [3.05, 3.63) is 29.3 Å². The minimum absolute atomic E-state index is 0.0244. The molecule has 0 aliphatic heterocycles. The first-order valence-electron chi connectivity index (χ1n) is 6.56. The Labute approximate surface area is 113 Å². The highest BCUT2D eigenvalue weighted by Crippen LogP contribution is 2.54. The Morgan fingerprint density at radius 1 is 1.53 bits per heavy atom. The van der Waals surface area contributed by atoms with Crippen LogP contribution in [-0.2, 0) is 4.79 Å². The fourth-order valence-corrected chi connectivity index (χ4v) is 2.64. The van der Waals surface area contributed by atoms with Crippen molar-refractivity contribution in [1.29, 1.82) is 0 Å². The average molecular weight is 263 g/mol. The predicted molar refractivity (Wildman–Crippen MR) is 73.9 cm³/mol. The molecular formula is C15H21NO3. The lowest BCUT2D eigenvalue weighted by Crippen LogP contribution is -2.38. The van der Waals surface area contributed by atoms with Crippen LogP contribution in [0, 0.1) is 0 Å². The van der Waals surface area contributed by atoms with Gasteiger partial charge in [0.15, 0.2) is 0 Å². The van der Waals surface area contributed by atoms with E-state index in [1.165, 1.54) is 5.56 Å². The Kier molecular flexibility index (Phi) is 3.54. The third-order valence-electron chi connectivity index (χ3n) is 4.08. The van der Waals surface area contributed by atoms with Gasteiger partial charge in [0.1, 0.15) is 11.3 Å². The Morgan fingerprint density at radius 2 is 2.21 bits per heavy atom. The van der Waals surface area contributed by atoms with E-state index in [4.69, 9.17) is 4.74 Å². The Bertz CT molecular complexity index is 498. The topological polar surface area (TPSA) is 58.6 Å². The lowest BCUT2D eigenvalue weighted by Gasteiger charge is -2.15. The van der Waals surface area contributed by atoms with Crippen LogP contribution >= 0.6 is 0 Å². The first-order valence-corrected chi connectivity index (χ1v) is 6.56. The maximum Gasteiger partial charge on any atom is 0.324 e. The van der Waals surface area contributed by atoms with Crippen molar-refractivity contribution in [1.82, 2.24) is 5.32 Å². The number of nitrogens with one attached hydrogen (secondary N) is 1. The summed E-state index contributed by atoms with van der Waals surface area (Å²) in [6, 6.07) is 6.05. The van der Waals surface area contributed by atoms with Crippen molar-refractivity contribution < 1.29 is 14.6 Å². The van der Waals surface area contributed by atoms with Crippen molar-refractivity contribution in [2.75, 3.05) is 14.2 Å². The van der Waals surface area contributed by atoms with Gasteiger partial charge in [0.25, 0.3) is 0 Å². The van der Waals surface area contributed by atoms with Crippen LogP contribution in [0.1, 0.15) is 43.2 Å². The molecule has 0 heterocycles. The van der Waals surface area contributed by atoms with E-state index in [-0.39, 0.29) is 5.92 Å². The molecule has 1 aliphatic rings. The van der Waals surface area contributed by atoms with Crippen molar-refractivity contribution in [3.63, 3.8) is 0 Å². The highest BCUT2D eigenvalue weighted by Gasteiger charge is 2.61. The third kappa shape index (κ3) is 2.21. The van der Waals surface area contributed by atoms with E-state index in [1.54, 1.807) is 14.2 Å². The molecule has 0 aromatic heterocycles. The van der Waals surface area contributed by atoms with E-state index < -0.39 is 11.5 Å². The minimum Gasteiger partial charge on any atom is -0.496 e. The highest BCUT2D eigenvalue weighted by atomic mass is 16.5. The normalized spacial score (nSPS) is 25.4. The van der Waals surface area contributed by atoms with Crippen LogP contribution < -0.4 is 10.1 Å². The summed E-state index contributed by atoms with van der Waals surface area (Å²) in [6.45, 7) is 4.25. The van der Waals surface area contributed by atoms with Crippen molar-refractivity contribution >= 4 is 5.97 Å². The van der Waals surface area contributed by atoms with Crippen molar-refractivity contribution in [2.24, 2.45) is 0 Å². The van der Waals surface area contributed by atoms with Crippen LogP contribution in [0.2, 0.25) is 0 Å². The first kappa shape index (κ1) is 13.9. The second-order valence-electron chi connectivity index (χ2n) is 5.44. The van der Waals surface area contributed by atoms with Gasteiger partial charge in [-0.3, -0.25) is 4.79 Å². The monoisotopic (exact) mass is 263 g/mol. The van der Waals surface area contributed by atoms with Crippen LogP contribution in [0.3, 0.4) is 0 Å². The zero-order valence-electron chi connectivity index (χ0n) is 11.9. The van der Waals surface area contributed by atoms with Gasteiger partial charge >= 0.3 is 5.97 Å². The molecule has 1 aromatic carbocycles. The van der Waals surface area contributed by atoms with E-state index in [0.717, 1.165) is 11.3 Å². The van der Waals surface area contributed by atoms with E-state index >= 15 is 0 Å². The number of aliphatic carboxylic acids is 1. The number of hydrogen-bond acceptors (Lipinski definition) is 3. The van der Waals surface area contributed by atoms with Crippen LogP contribution in [0.5, 0.6) is 5.75 Å². The van der Waals surface area contributed by atoms with Gasteiger partial charge < -0.3 is 15.2 Å². The summed E-state index contributed by atoms with van der Waals surface area (Å²) < 4.78 is 5.38. The third-order valence-corrected chi connectivity index (χ3v) is 4.08. The molecule has 104 valence electrons. The maximum absolute atomic E-state index is 11.4. The van der Waals surface area contributed by atoms with E-state index in [1.807, 2.05) is 12.1 Å². The molecule has 0 saturated heterocycles. The maximum atomic E-state index is 11.4. The smallest absolute Gasteiger partial charge is 0.324 e. The van der Waals surface area contributed by atoms with E-state index in [2.05, 4.69) is 25.2 Å². The molecular weight excluding hydrogens is 242 g/mol. The molecule has 4 heteroatoms. The number of carbonyl (C=O) groups is 1. The van der Waals surface area contributed by atoms with Gasteiger partial charge in [0.05, 0.1) is 7.11 Å². The molecule has 1 fully saturated rings. The Hall–Kier alpha value is -1.55. The quantitative estimate of drug-likeness (QED) is 0.856. The summed E-state index contributed by atoms with van der Waals surface area (Å²) in [5.41, 5.74) is 1.37.